The molecule has 1 saturated heterocycles. The van der Waals surface area contributed by atoms with Gasteiger partial charge in [0.15, 0.2) is 0 Å². The smallest absolute Gasteiger partial charge is 0.209 e. The lowest BCUT2D eigenvalue weighted by atomic mass is 10.1. The number of aliphatic hydroxyl groups is 2. The molecule has 0 aromatic carbocycles. The Balaban J connectivity index is 2.15. The fraction of sp³-hybridized carbons (Fsp3) is 0.909. The van der Waals surface area contributed by atoms with E-state index in [4.69, 9.17) is 9.84 Å². The lowest BCUT2D eigenvalue weighted by Crippen LogP contribution is -2.36. The zero-order valence-corrected chi connectivity index (χ0v) is 10.9. The highest BCUT2D eigenvalue weighted by Crippen LogP contribution is 2.27. The van der Waals surface area contributed by atoms with Crippen LogP contribution in [-0.4, -0.2) is 65.1 Å². The van der Waals surface area contributed by atoms with Gasteiger partial charge in [-0.3, -0.25) is 4.79 Å². The van der Waals surface area contributed by atoms with Crippen LogP contribution in [0.25, 0.3) is 0 Å². The van der Waals surface area contributed by atoms with E-state index in [0.717, 1.165) is 25.1 Å². The van der Waals surface area contributed by atoms with Crippen molar-refractivity contribution >= 4 is 18.2 Å². The Bertz CT molecular complexity index is 230. The molecule has 1 heterocycles. The van der Waals surface area contributed by atoms with Crippen LogP contribution in [0.3, 0.4) is 0 Å². The van der Waals surface area contributed by atoms with Crippen molar-refractivity contribution in [3.8, 4) is 0 Å². The molecule has 2 N–H and O–H groups in total. The number of rotatable bonds is 7. The first-order valence-corrected chi connectivity index (χ1v) is 6.92. The summed E-state index contributed by atoms with van der Waals surface area (Å²) in [7, 11) is 1.75. The van der Waals surface area contributed by atoms with E-state index in [-0.39, 0.29) is 24.3 Å². The van der Waals surface area contributed by atoms with E-state index in [1.807, 2.05) is 0 Å². The molecular weight excluding hydrogens is 242 g/mol. The van der Waals surface area contributed by atoms with Crippen molar-refractivity contribution in [3.63, 3.8) is 0 Å². The molecule has 1 amide bonds. The standard InChI is InChI=1S/C11H21NO4S/c1-12(8-14)3-2-4-17-11-6-9(15)5-10(7-13)16-11/h8-11,13,15H,2-7H2,1H3. The minimum absolute atomic E-state index is 0.0397. The van der Waals surface area contributed by atoms with Crippen LogP contribution in [0, 0.1) is 0 Å². The third-order valence-corrected chi connectivity index (χ3v) is 3.89. The Hall–Kier alpha value is -0.300. The van der Waals surface area contributed by atoms with E-state index in [1.54, 1.807) is 23.7 Å². The Morgan fingerprint density at radius 1 is 1.53 bits per heavy atom. The molecule has 1 rings (SSSR count). The number of nitrogens with zero attached hydrogens (tertiary/aromatic N) is 1. The fourth-order valence-corrected chi connectivity index (χ4v) is 2.91. The number of aliphatic hydroxyl groups excluding tert-OH is 2. The van der Waals surface area contributed by atoms with E-state index in [2.05, 4.69) is 0 Å². The summed E-state index contributed by atoms with van der Waals surface area (Å²) in [5.74, 6) is 0.883. The van der Waals surface area contributed by atoms with Crippen LogP contribution in [-0.2, 0) is 9.53 Å². The Morgan fingerprint density at radius 3 is 2.94 bits per heavy atom. The summed E-state index contributed by atoms with van der Waals surface area (Å²) in [6, 6.07) is 0. The van der Waals surface area contributed by atoms with Gasteiger partial charge in [0, 0.05) is 26.4 Å². The van der Waals surface area contributed by atoms with Gasteiger partial charge in [0.05, 0.1) is 18.8 Å². The molecule has 17 heavy (non-hydrogen) atoms. The van der Waals surface area contributed by atoms with E-state index >= 15 is 0 Å². The van der Waals surface area contributed by atoms with Crippen molar-refractivity contribution < 1.29 is 19.7 Å². The monoisotopic (exact) mass is 263 g/mol. The molecule has 100 valence electrons. The zero-order chi connectivity index (χ0) is 12.7. The van der Waals surface area contributed by atoms with E-state index in [0.29, 0.717) is 12.8 Å². The lowest BCUT2D eigenvalue weighted by Gasteiger charge is -2.31. The average Bonchev–Trinajstić information content (AvgIpc) is 2.33. The number of amides is 1. The van der Waals surface area contributed by atoms with Crippen molar-refractivity contribution in [2.75, 3.05) is 26.0 Å². The highest BCUT2D eigenvalue weighted by atomic mass is 32.2. The van der Waals surface area contributed by atoms with Crippen molar-refractivity contribution in [2.45, 2.75) is 36.9 Å². The molecule has 3 atom stereocenters. The molecule has 1 aliphatic rings. The number of ether oxygens (including phenoxy) is 1. The number of hydrogen-bond acceptors (Lipinski definition) is 5. The predicted octanol–water partition coefficient (Wildman–Crippen LogP) is 0.0562. The van der Waals surface area contributed by atoms with Crippen molar-refractivity contribution in [3.05, 3.63) is 0 Å². The minimum Gasteiger partial charge on any atom is -0.394 e. The molecule has 5 nitrogen and oxygen atoms in total. The molecule has 1 fully saturated rings. The molecule has 0 radical (unpaired) electrons. The highest BCUT2D eigenvalue weighted by molar-refractivity contribution is 7.99. The van der Waals surface area contributed by atoms with Gasteiger partial charge in [-0.15, -0.1) is 11.8 Å². The van der Waals surface area contributed by atoms with Gasteiger partial charge in [-0.25, -0.2) is 0 Å². The van der Waals surface area contributed by atoms with Crippen LogP contribution in [0.5, 0.6) is 0 Å². The molecule has 0 spiro atoms. The SMILES string of the molecule is CN(C=O)CCCSC1CC(O)CC(CO)O1. The fourth-order valence-electron chi connectivity index (χ4n) is 1.75. The topological polar surface area (TPSA) is 70.0 Å². The van der Waals surface area contributed by atoms with Crippen molar-refractivity contribution in [2.24, 2.45) is 0 Å². The van der Waals surface area contributed by atoms with E-state index in [9.17, 15) is 9.90 Å². The van der Waals surface area contributed by atoms with E-state index in [1.165, 1.54) is 0 Å². The first kappa shape index (κ1) is 14.8. The van der Waals surface area contributed by atoms with Gasteiger partial charge in [-0.1, -0.05) is 0 Å². The van der Waals surface area contributed by atoms with Crippen LogP contribution < -0.4 is 0 Å². The Kier molecular flexibility index (Phi) is 6.87. The van der Waals surface area contributed by atoms with Gasteiger partial charge >= 0.3 is 0 Å². The molecule has 0 aromatic rings. The molecule has 6 heteroatoms. The van der Waals surface area contributed by atoms with Gasteiger partial charge in [0.1, 0.15) is 5.44 Å². The van der Waals surface area contributed by atoms with Crippen LogP contribution in [0.15, 0.2) is 0 Å². The number of thioether (sulfide) groups is 1. The number of hydrogen-bond donors (Lipinski definition) is 2. The van der Waals surface area contributed by atoms with Crippen LogP contribution in [0.4, 0.5) is 0 Å². The second-order valence-corrected chi connectivity index (χ2v) is 5.57. The molecule has 0 aromatic heterocycles. The summed E-state index contributed by atoms with van der Waals surface area (Å²) in [6.07, 6.45) is 2.23. The largest absolute Gasteiger partial charge is 0.394 e. The van der Waals surface area contributed by atoms with Gasteiger partial charge < -0.3 is 19.8 Å². The molecule has 0 bridgehead atoms. The normalized spacial score (nSPS) is 29.0. The molecule has 1 aliphatic heterocycles. The molecule has 0 aliphatic carbocycles. The van der Waals surface area contributed by atoms with Crippen LogP contribution in [0.1, 0.15) is 19.3 Å². The van der Waals surface area contributed by atoms with Crippen molar-refractivity contribution in [1.29, 1.82) is 0 Å². The highest BCUT2D eigenvalue weighted by Gasteiger charge is 2.27. The van der Waals surface area contributed by atoms with Gasteiger partial charge in [-0.05, 0) is 12.2 Å². The minimum atomic E-state index is -0.379. The summed E-state index contributed by atoms with van der Waals surface area (Å²) >= 11 is 1.64. The number of carbonyl (C=O) groups is 1. The summed E-state index contributed by atoms with van der Waals surface area (Å²) in [5.41, 5.74) is -0.0440. The third kappa shape index (κ3) is 5.72. The quantitative estimate of drug-likeness (QED) is 0.502. The summed E-state index contributed by atoms with van der Waals surface area (Å²) in [5, 5.41) is 18.6. The second-order valence-electron chi connectivity index (χ2n) is 4.31. The number of carbonyl (C=O) groups excluding carboxylic acids is 1. The first-order chi connectivity index (χ1) is 8.15. The van der Waals surface area contributed by atoms with Gasteiger partial charge in [0.2, 0.25) is 6.41 Å². The van der Waals surface area contributed by atoms with Crippen molar-refractivity contribution in [1.82, 2.24) is 4.90 Å². The maximum absolute atomic E-state index is 10.4. The lowest BCUT2D eigenvalue weighted by molar-refractivity contribution is -0.117. The van der Waals surface area contributed by atoms with Crippen LogP contribution >= 0.6 is 11.8 Å². The Morgan fingerprint density at radius 2 is 2.29 bits per heavy atom. The maximum atomic E-state index is 10.4. The maximum Gasteiger partial charge on any atom is 0.209 e. The zero-order valence-electron chi connectivity index (χ0n) is 10.1. The molecule has 3 unspecified atom stereocenters. The second kappa shape index (κ2) is 7.92. The summed E-state index contributed by atoms with van der Waals surface area (Å²) in [6.45, 7) is 0.692. The molecule has 0 saturated carbocycles. The summed E-state index contributed by atoms with van der Waals surface area (Å²) < 4.78 is 5.61. The van der Waals surface area contributed by atoms with Gasteiger partial charge in [0.25, 0.3) is 0 Å². The van der Waals surface area contributed by atoms with Crippen LogP contribution in [0.2, 0.25) is 0 Å². The third-order valence-electron chi connectivity index (χ3n) is 2.69. The Labute approximate surface area is 106 Å². The van der Waals surface area contributed by atoms with Gasteiger partial charge in [-0.2, -0.15) is 0 Å². The molecular formula is C11H21NO4S. The van der Waals surface area contributed by atoms with E-state index < -0.39 is 0 Å². The summed E-state index contributed by atoms with van der Waals surface area (Å²) in [4.78, 5) is 12.0. The first-order valence-electron chi connectivity index (χ1n) is 5.87. The average molecular weight is 263 g/mol. The predicted molar refractivity (Wildman–Crippen MR) is 66.8 cm³/mol.